The smallest absolute Gasteiger partial charge is 0.313 e. The van der Waals surface area contributed by atoms with Gasteiger partial charge >= 0.3 is 5.97 Å². The number of hydrogen-bond acceptors (Lipinski definition) is 6. The molecule has 0 aliphatic heterocycles. The van der Waals surface area contributed by atoms with E-state index in [0.29, 0.717) is 24.5 Å². The predicted molar refractivity (Wildman–Crippen MR) is 91.9 cm³/mol. The molecule has 134 valence electrons. The number of amides is 1. The third kappa shape index (κ3) is 6.28. The van der Waals surface area contributed by atoms with Gasteiger partial charge in [0.05, 0.1) is 19.6 Å². The average Bonchev–Trinajstić information content (AvgIpc) is 2.60. The Morgan fingerprint density at radius 1 is 1.28 bits per heavy atom. The standard InChI is InChI=1S/C18H22N2O5/c1-12(2)18(22)25-15-6-5-13(10-16(15)24-4)9-14(11-19)17(21)20-7-8-23-3/h5-6,9-10,12H,7-8H2,1-4H3,(H,20,21)/b14-9+. The van der Waals surface area contributed by atoms with Crippen molar-refractivity contribution in [2.75, 3.05) is 27.4 Å². The second-order valence-corrected chi connectivity index (χ2v) is 5.40. The van der Waals surface area contributed by atoms with E-state index in [1.807, 2.05) is 6.07 Å². The maximum Gasteiger partial charge on any atom is 0.313 e. The van der Waals surface area contributed by atoms with Crippen LogP contribution in [0.5, 0.6) is 11.5 Å². The van der Waals surface area contributed by atoms with Gasteiger partial charge < -0.3 is 19.5 Å². The van der Waals surface area contributed by atoms with Gasteiger partial charge in [0, 0.05) is 13.7 Å². The van der Waals surface area contributed by atoms with Gasteiger partial charge in [0.15, 0.2) is 11.5 Å². The van der Waals surface area contributed by atoms with E-state index in [4.69, 9.17) is 19.5 Å². The van der Waals surface area contributed by atoms with Crippen LogP contribution >= 0.6 is 0 Å². The van der Waals surface area contributed by atoms with Crippen molar-refractivity contribution in [3.8, 4) is 17.6 Å². The van der Waals surface area contributed by atoms with Gasteiger partial charge in [-0.1, -0.05) is 19.9 Å². The number of carbonyl (C=O) groups excluding carboxylic acids is 2. The lowest BCUT2D eigenvalue weighted by atomic mass is 10.1. The molecule has 0 aromatic heterocycles. The summed E-state index contributed by atoms with van der Waals surface area (Å²) in [7, 11) is 2.96. The minimum atomic E-state index is -0.492. The van der Waals surface area contributed by atoms with Crippen LogP contribution in [0.25, 0.3) is 6.08 Å². The van der Waals surface area contributed by atoms with Gasteiger partial charge in [-0.2, -0.15) is 5.26 Å². The van der Waals surface area contributed by atoms with Crippen molar-refractivity contribution < 1.29 is 23.8 Å². The van der Waals surface area contributed by atoms with Gasteiger partial charge in [-0.05, 0) is 23.8 Å². The van der Waals surface area contributed by atoms with Gasteiger partial charge in [-0.3, -0.25) is 9.59 Å². The number of carbonyl (C=O) groups is 2. The zero-order valence-corrected chi connectivity index (χ0v) is 14.8. The number of methoxy groups -OCH3 is 2. The minimum Gasteiger partial charge on any atom is -0.493 e. The van der Waals surface area contributed by atoms with Crippen LogP contribution < -0.4 is 14.8 Å². The first-order valence-electron chi connectivity index (χ1n) is 7.71. The number of esters is 1. The Kier molecular flexibility index (Phi) is 8.16. The first-order chi connectivity index (χ1) is 11.9. The van der Waals surface area contributed by atoms with Crippen LogP contribution in [0.3, 0.4) is 0 Å². The van der Waals surface area contributed by atoms with E-state index in [2.05, 4.69) is 5.32 Å². The van der Waals surface area contributed by atoms with Crippen LogP contribution in [-0.2, 0) is 14.3 Å². The summed E-state index contributed by atoms with van der Waals surface area (Å²) in [4.78, 5) is 23.6. The van der Waals surface area contributed by atoms with E-state index in [9.17, 15) is 9.59 Å². The highest BCUT2D eigenvalue weighted by atomic mass is 16.6. The molecule has 0 aliphatic rings. The molecule has 1 aromatic carbocycles. The molecule has 0 radical (unpaired) electrons. The molecule has 1 amide bonds. The van der Waals surface area contributed by atoms with Crippen LogP contribution in [0.4, 0.5) is 0 Å². The Bertz CT molecular complexity index is 689. The largest absolute Gasteiger partial charge is 0.493 e. The lowest BCUT2D eigenvalue weighted by molar-refractivity contribution is -0.137. The number of rotatable bonds is 8. The summed E-state index contributed by atoms with van der Waals surface area (Å²) in [6.07, 6.45) is 1.43. The minimum absolute atomic E-state index is 0.0509. The summed E-state index contributed by atoms with van der Waals surface area (Å²) in [5.74, 6) is -0.530. The fourth-order valence-corrected chi connectivity index (χ4v) is 1.76. The molecule has 0 heterocycles. The van der Waals surface area contributed by atoms with Crippen molar-refractivity contribution in [2.24, 2.45) is 5.92 Å². The van der Waals surface area contributed by atoms with Gasteiger partial charge in [0.2, 0.25) is 0 Å². The number of nitrogens with one attached hydrogen (secondary N) is 1. The van der Waals surface area contributed by atoms with Crippen LogP contribution in [0.15, 0.2) is 23.8 Å². The highest BCUT2D eigenvalue weighted by Crippen LogP contribution is 2.29. The third-order valence-electron chi connectivity index (χ3n) is 3.14. The average molecular weight is 346 g/mol. The molecule has 7 heteroatoms. The molecular formula is C18H22N2O5. The van der Waals surface area contributed by atoms with Gasteiger partial charge in [0.25, 0.3) is 5.91 Å². The molecular weight excluding hydrogens is 324 g/mol. The van der Waals surface area contributed by atoms with E-state index in [1.165, 1.54) is 20.3 Å². The zero-order valence-electron chi connectivity index (χ0n) is 14.8. The van der Waals surface area contributed by atoms with Gasteiger partial charge in [-0.25, -0.2) is 0 Å². The van der Waals surface area contributed by atoms with Gasteiger partial charge in [-0.15, -0.1) is 0 Å². The SMILES string of the molecule is COCCNC(=O)/C(C#N)=C/c1ccc(OC(=O)C(C)C)c(OC)c1. The van der Waals surface area contributed by atoms with Crippen molar-refractivity contribution in [1.82, 2.24) is 5.32 Å². The third-order valence-corrected chi connectivity index (χ3v) is 3.14. The van der Waals surface area contributed by atoms with Crippen molar-refractivity contribution in [2.45, 2.75) is 13.8 Å². The molecule has 1 N–H and O–H groups in total. The first kappa shape index (κ1) is 20.2. The maximum absolute atomic E-state index is 11.9. The van der Waals surface area contributed by atoms with Crippen LogP contribution in [0.1, 0.15) is 19.4 Å². The number of hydrogen-bond donors (Lipinski definition) is 1. The Labute approximate surface area is 147 Å². The normalized spacial score (nSPS) is 11.0. The molecule has 1 aromatic rings. The monoisotopic (exact) mass is 346 g/mol. The molecule has 1 rings (SSSR count). The van der Waals surface area contributed by atoms with Crippen LogP contribution in [0.2, 0.25) is 0 Å². The predicted octanol–water partition coefficient (Wildman–Crippen LogP) is 1.93. The number of nitriles is 1. The molecule has 0 aliphatic carbocycles. The van der Waals surface area contributed by atoms with Gasteiger partial charge in [0.1, 0.15) is 11.6 Å². The Morgan fingerprint density at radius 2 is 2.00 bits per heavy atom. The number of benzene rings is 1. The molecule has 0 saturated heterocycles. The summed E-state index contributed by atoms with van der Waals surface area (Å²) in [5.41, 5.74) is 0.518. The number of ether oxygens (including phenoxy) is 3. The summed E-state index contributed by atoms with van der Waals surface area (Å²) in [6, 6.07) is 6.63. The summed E-state index contributed by atoms with van der Waals surface area (Å²) in [5, 5.41) is 11.7. The van der Waals surface area contributed by atoms with E-state index >= 15 is 0 Å². The fraction of sp³-hybridized carbons (Fsp3) is 0.389. The molecule has 0 saturated carbocycles. The summed E-state index contributed by atoms with van der Waals surface area (Å²) < 4.78 is 15.3. The quantitative estimate of drug-likeness (QED) is 0.254. The van der Waals surface area contributed by atoms with E-state index in [1.54, 1.807) is 32.0 Å². The molecule has 7 nitrogen and oxygen atoms in total. The fourth-order valence-electron chi connectivity index (χ4n) is 1.76. The Balaban J connectivity index is 2.99. The lowest BCUT2D eigenvalue weighted by Crippen LogP contribution is -2.27. The Hall–Kier alpha value is -2.85. The summed E-state index contributed by atoms with van der Waals surface area (Å²) in [6.45, 7) is 4.12. The highest BCUT2D eigenvalue weighted by Gasteiger charge is 2.14. The van der Waals surface area contributed by atoms with Crippen LogP contribution in [-0.4, -0.2) is 39.2 Å². The summed E-state index contributed by atoms with van der Waals surface area (Å²) >= 11 is 0. The molecule has 0 atom stereocenters. The zero-order chi connectivity index (χ0) is 18.8. The Morgan fingerprint density at radius 3 is 2.56 bits per heavy atom. The van der Waals surface area contributed by atoms with E-state index in [0.717, 1.165) is 0 Å². The lowest BCUT2D eigenvalue weighted by Gasteiger charge is -2.11. The first-order valence-corrected chi connectivity index (χ1v) is 7.71. The molecule has 0 fully saturated rings. The second kappa shape index (κ2) is 10.1. The van der Waals surface area contributed by atoms with Crippen molar-refractivity contribution >= 4 is 18.0 Å². The van der Waals surface area contributed by atoms with Crippen LogP contribution in [0, 0.1) is 17.2 Å². The highest BCUT2D eigenvalue weighted by molar-refractivity contribution is 6.01. The molecule has 0 spiro atoms. The molecule has 25 heavy (non-hydrogen) atoms. The molecule has 0 bridgehead atoms. The van der Waals surface area contributed by atoms with Crippen molar-refractivity contribution in [1.29, 1.82) is 5.26 Å². The van der Waals surface area contributed by atoms with Crippen molar-refractivity contribution in [3.05, 3.63) is 29.3 Å². The maximum atomic E-state index is 11.9. The van der Waals surface area contributed by atoms with E-state index < -0.39 is 5.91 Å². The second-order valence-electron chi connectivity index (χ2n) is 5.40. The van der Waals surface area contributed by atoms with Crippen molar-refractivity contribution in [3.63, 3.8) is 0 Å². The molecule has 0 unspecified atom stereocenters. The number of nitrogens with zero attached hydrogens (tertiary/aromatic N) is 1. The van der Waals surface area contributed by atoms with E-state index in [-0.39, 0.29) is 23.2 Å². The topological polar surface area (TPSA) is 97.6 Å².